The van der Waals surface area contributed by atoms with Gasteiger partial charge in [0, 0.05) is 13.2 Å². The minimum atomic E-state index is -3.44. The van der Waals surface area contributed by atoms with E-state index in [1.165, 1.54) is 6.07 Å². The molecule has 0 aliphatic carbocycles. The number of hydrogen-bond donors (Lipinski definition) is 2. The summed E-state index contributed by atoms with van der Waals surface area (Å²) in [6.45, 7) is 1.60. The Morgan fingerprint density at radius 3 is 3.00 bits per heavy atom. The van der Waals surface area contributed by atoms with Gasteiger partial charge in [-0.15, -0.1) is 11.3 Å². The smallest absolute Gasteiger partial charge is 0.250 e. The summed E-state index contributed by atoms with van der Waals surface area (Å²) in [7, 11) is -3.44. The molecule has 1 fully saturated rings. The fourth-order valence-electron chi connectivity index (χ4n) is 1.62. The number of sulfonamides is 1. The Kier molecular flexibility index (Phi) is 4.16. The number of ether oxygens (including phenoxy) is 1. The van der Waals surface area contributed by atoms with Gasteiger partial charge in [0.1, 0.15) is 4.21 Å². The van der Waals surface area contributed by atoms with Crippen LogP contribution in [0.3, 0.4) is 0 Å². The molecular weight excluding hydrogens is 262 g/mol. The van der Waals surface area contributed by atoms with Crippen LogP contribution in [-0.4, -0.2) is 33.3 Å². The highest BCUT2D eigenvalue weighted by Gasteiger charge is 2.21. The maximum atomic E-state index is 11.9. The van der Waals surface area contributed by atoms with E-state index in [4.69, 9.17) is 9.84 Å². The van der Waals surface area contributed by atoms with Crippen LogP contribution in [0.25, 0.3) is 0 Å². The summed E-state index contributed by atoms with van der Waals surface area (Å²) in [5.41, 5.74) is 0.625. The molecule has 2 heterocycles. The number of hydrogen-bond acceptors (Lipinski definition) is 5. The van der Waals surface area contributed by atoms with Crippen LogP contribution in [-0.2, 0) is 21.4 Å². The Morgan fingerprint density at radius 2 is 2.41 bits per heavy atom. The summed E-state index contributed by atoms with van der Waals surface area (Å²) in [5.74, 6) is 0.266. The third kappa shape index (κ3) is 3.26. The molecule has 5 nitrogen and oxygen atoms in total. The van der Waals surface area contributed by atoms with Crippen molar-refractivity contribution >= 4 is 21.4 Å². The van der Waals surface area contributed by atoms with Gasteiger partial charge in [0.15, 0.2) is 0 Å². The summed E-state index contributed by atoms with van der Waals surface area (Å²) in [6.07, 6.45) is 0.898. The van der Waals surface area contributed by atoms with Crippen molar-refractivity contribution in [3.05, 3.63) is 17.0 Å². The summed E-state index contributed by atoms with van der Waals surface area (Å²) in [4.78, 5) is 0. The van der Waals surface area contributed by atoms with Crippen molar-refractivity contribution in [2.75, 3.05) is 19.8 Å². The predicted octanol–water partition coefficient (Wildman–Crippen LogP) is 0.555. The molecule has 1 aliphatic heterocycles. The molecule has 0 saturated carbocycles. The number of rotatable bonds is 5. The van der Waals surface area contributed by atoms with Crippen LogP contribution in [0.4, 0.5) is 0 Å². The Hall–Kier alpha value is -0.470. The van der Waals surface area contributed by atoms with E-state index < -0.39 is 10.0 Å². The van der Waals surface area contributed by atoms with Gasteiger partial charge in [-0.2, -0.15) is 0 Å². The average Bonchev–Trinajstić information content (AvgIpc) is 2.98. The molecule has 2 N–H and O–H groups in total. The van der Waals surface area contributed by atoms with Crippen LogP contribution in [0.15, 0.2) is 15.7 Å². The first kappa shape index (κ1) is 13.0. The third-order valence-corrected chi connectivity index (χ3v) is 5.58. The van der Waals surface area contributed by atoms with Crippen molar-refractivity contribution in [1.29, 1.82) is 0 Å². The summed E-state index contributed by atoms with van der Waals surface area (Å²) >= 11 is 1.12. The molecule has 1 aromatic heterocycles. The molecule has 0 aromatic carbocycles. The number of nitrogens with one attached hydrogen (secondary N) is 1. The van der Waals surface area contributed by atoms with Gasteiger partial charge in [-0.1, -0.05) is 0 Å². The molecule has 2 rings (SSSR count). The van der Waals surface area contributed by atoms with E-state index in [2.05, 4.69) is 4.72 Å². The number of thiophene rings is 1. The molecule has 17 heavy (non-hydrogen) atoms. The Bertz CT molecular complexity index is 462. The average molecular weight is 277 g/mol. The van der Waals surface area contributed by atoms with E-state index in [1.807, 2.05) is 0 Å². The van der Waals surface area contributed by atoms with Gasteiger partial charge in [-0.05, 0) is 29.3 Å². The lowest BCUT2D eigenvalue weighted by molar-refractivity contribution is 0.186. The van der Waals surface area contributed by atoms with Crippen molar-refractivity contribution in [2.24, 2.45) is 5.92 Å². The van der Waals surface area contributed by atoms with E-state index in [0.29, 0.717) is 25.3 Å². The molecule has 0 amide bonds. The first-order chi connectivity index (χ1) is 8.12. The first-order valence-electron chi connectivity index (χ1n) is 5.37. The van der Waals surface area contributed by atoms with Gasteiger partial charge in [-0.25, -0.2) is 13.1 Å². The van der Waals surface area contributed by atoms with Crippen molar-refractivity contribution < 1.29 is 18.3 Å². The second-order valence-electron chi connectivity index (χ2n) is 4.01. The third-order valence-electron chi connectivity index (χ3n) is 2.66. The Balaban J connectivity index is 1.97. The molecule has 0 radical (unpaired) electrons. The molecule has 96 valence electrons. The van der Waals surface area contributed by atoms with E-state index in [0.717, 1.165) is 17.8 Å². The van der Waals surface area contributed by atoms with Gasteiger partial charge in [0.25, 0.3) is 0 Å². The molecule has 1 saturated heterocycles. The van der Waals surface area contributed by atoms with E-state index in [9.17, 15) is 8.42 Å². The van der Waals surface area contributed by atoms with Gasteiger partial charge < -0.3 is 9.84 Å². The number of aliphatic hydroxyl groups excluding tert-OH is 1. The summed E-state index contributed by atoms with van der Waals surface area (Å²) < 4.78 is 31.8. The molecule has 1 aliphatic rings. The van der Waals surface area contributed by atoms with Crippen LogP contribution in [0.1, 0.15) is 12.0 Å². The highest BCUT2D eigenvalue weighted by Crippen LogP contribution is 2.20. The monoisotopic (exact) mass is 277 g/mol. The second kappa shape index (κ2) is 5.45. The van der Waals surface area contributed by atoms with Crippen molar-refractivity contribution in [1.82, 2.24) is 4.72 Å². The lowest BCUT2D eigenvalue weighted by Crippen LogP contribution is -2.29. The second-order valence-corrected chi connectivity index (χ2v) is 6.92. The summed E-state index contributed by atoms with van der Waals surface area (Å²) in [5, 5.41) is 10.5. The SMILES string of the molecule is O=S(=O)(NCC1CCOC1)c1cc(CO)cs1. The van der Waals surface area contributed by atoms with Gasteiger partial charge in [-0.3, -0.25) is 0 Å². The molecule has 1 aromatic rings. The highest BCUT2D eigenvalue weighted by molar-refractivity contribution is 7.91. The predicted molar refractivity (Wildman–Crippen MR) is 64.4 cm³/mol. The maximum absolute atomic E-state index is 11.9. The van der Waals surface area contributed by atoms with E-state index in [1.54, 1.807) is 5.38 Å². The van der Waals surface area contributed by atoms with Crippen molar-refractivity contribution in [3.63, 3.8) is 0 Å². The highest BCUT2D eigenvalue weighted by atomic mass is 32.2. The Labute approximate surface area is 104 Å². The van der Waals surface area contributed by atoms with Crippen LogP contribution < -0.4 is 4.72 Å². The van der Waals surface area contributed by atoms with Gasteiger partial charge in [0.05, 0.1) is 13.2 Å². The Morgan fingerprint density at radius 1 is 1.59 bits per heavy atom. The van der Waals surface area contributed by atoms with Gasteiger partial charge in [0.2, 0.25) is 10.0 Å². The van der Waals surface area contributed by atoms with Gasteiger partial charge >= 0.3 is 0 Å². The van der Waals surface area contributed by atoms with Crippen LogP contribution in [0.2, 0.25) is 0 Å². The lowest BCUT2D eigenvalue weighted by atomic mass is 10.1. The molecule has 0 bridgehead atoms. The zero-order chi connectivity index (χ0) is 12.3. The minimum Gasteiger partial charge on any atom is -0.392 e. The maximum Gasteiger partial charge on any atom is 0.250 e. The number of aliphatic hydroxyl groups is 1. The van der Waals surface area contributed by atoms with Crippen molar-refractivity contribution in [2.45, 2.75) is 17.2 Å². The first-order valence-corrected chi connectivity index (χ1v) is 7.74. The van der Waals surface area contributed by atoms with Crippen molar-refractivity contribution in [3.8, 4) is 0 Å². The molecule has 0 spiro atoms. The fourth-order valence-corrected chi connectivity index (χ4v) is 3.98. The largest absolute Gasteiger partial charge is 0.392 e. The normalized spacial score (nSPS) is 20.9. The minimum absolute atomic E-state index is 0.136. The quantitative estimate of drug-likeness (QED) is 0.824. The lowest BCUT2D eigenvalue weighted by Gasteiger charge is -2.08. The summed E-state index contributed by atoms with van der Waals surface area (Å²) in [6, 6.07) is 1.50. The van der Waals surface area contributed by atoms with Crippen LogP contribution in [0.5, 0.6) is 0 Å². The van der Waals surface area contributed by atoms with Crippen LogP contribution in [0, 0.1) is 5.92 Å². The fraction of sp³-hybridized carbons (Fsp3) is 0.600. The molecule has 7 heteroatoms. The van der Waals surface area contributed by atoms with E-state index in [-0.39, 0.29) is 16.7 Å². The zero-order valence-corrected chi connectivity index (χ0v) is 10.9. The van der Waals surface area contributed by atoms with E-state index >= 15 is 0 Å². The zero-order valence-electron chi connectivity index (χ0n) is 9.26. The molecular formula is C10H15NO4S2. The topological polar surface area (TPSA) is 75.6 Å². The standard InChI is InChI=1S/C10H15NO4S2/c12-5-9-3-10(16-7-9)17(13,14)11-4-8-1-2-15-6-8/h3,7-8,11-12H,1-2,4-6H2. The van der Waals surface area contributed by atoms with Crippen LogP contribution >= 0.6 is 11.3 Å². The molecule has 1 atom stereocenters. The molecule has 1 unspecified atom stereocenters.